The molecule has 1 aromatic carbocycles. The topological polar surface area (TPSA) is 97.8 Å². The van der Waals surface area contributed by atoms with Crippen LogP contribution in [0.4, 0.5) is 0 Å². The summed E-state index contributed by atoms with van der Waals surface area (Å²) in [5.41, 5.74) is 2.75. The SMILES string of the molecule is CCOC(=O)c1cccc2c1OB(O)[C@@H](NC(=O)CCc1cncs1)C2. The molecule has 7 nitrogen and oxygen atoms in total. The molecule has 26 heavy (non-hydrogen) atoms. The van der Waals surface area contributed by atoms with Crippen molar-refractivity contribution in [1.82, 2.24) is 10.3 Å². The van der Waals surface area contributed by atoms with Gasteiger partial charge in [0.25, 0.3) is 0 Å². The van der Waals surface area contributed by atoms with Gasteiger partial charge in [-0.1, -0.05) is 12.1 Å². The molecule has 1 aliphatic heterocycles. The quantitative estimate of drug-likeness (QED) is 0.586. The summed E-state index contributed by atoms with van der Waals surface area (Å²) in [5, 5.41) is 13.1. The lowest BCUT2D eigenvalue weighted by Gasteiger charge is -2.29. The molecule has 0 unspecified atom stereocenters. The average Bonchev–Trinajstić information content (AvgIpc) is 3.14. The minimum absolute atomic E-state index is 0.170. The van der Waals surface area contributed by atoms with Crippen molar-refractivity contribution in [3.63, 3.8) is 0 Å². The fourth-order valence-electron chi connectivity index (χ4n) is 2.80. The predicted molar refractivity (Wildman–Crippen MR) is 97.1 cm³/mol. The van der Waals surface area contributed by atoms with Crippen molar-refractivity contribution >= 4 is 30.3 Å². The summed E-state index contributed by atoms with van der Waals surface area (Å²) < 4.78 is 10.5. The Morgan fingerprint density at radius 2 is 2.35 bits per heavy atom. The van der Waals surface area contributed by atoms with Gasteiger partial charge in [-0.3, -0.25) is 9.78 Å². The van der Waals surface area contributed by atoms with Gasteiger partial charge in [-0.2, -0.15) is 0 Å². The van der Waals surface area contributed by atoms with Gasteiger partial charge in [-0.15, -0.1) is 11.3 Å². The van der Waals surface area contributed by atoms with E-state index in [9.17, 15) is 14.6 Å². The smallest absolute Gasteiger partial charge is 0.534 e. The second kappa shape index (κ2) is 8.33. The van der Waals surface area contributed by atoms with Gasteiger partial charge in [0, 0.05) is 17.5 Å². The highest BCUT2D eigenvalue weighted by atomic mass is 32.1. The summed E-state index contributed by atoms with van der Waals surface area (Å²) in [5.74, 6) is -0.929. The largest absolute Gasteiger partial charge is 0.547 e. The number of aryl methyl sites for hydroxylation is 1. The molecule has 0 spiro atoms. The number of thiazole rings is 1. The van der Waals surface area contributed by atoms with Crippen molar-refractivity contribution in [3.05, 3.63) is 45.9 Å². The van der Waals surface area contributed by atoms with Gasteiger partial charge in [0.15, 0.2) is 0 Å². The zero-order valence-corrected chi connectivity index (χ0v) is 15.1. The number of ether oxygens (including phenoxy) is 1. The molecule has 1 aliphatic rings. The molecule has 3 rings (SSSR count). The van der Waals surface area contributed by atoms with Gasteiger partial charge in [0.05, 0.1) is 18.1 Å². The summed E-state index contributed by atoms with van der Waals surface area (Å²) in [4.78, 5) is 29.2. The Kier molecular flexibility index (Phi) is 5.90. The monoisotopic (exact) mass is 374 g/mol. The zero-order chi connectivity index (χ0) is 18.5. The van der Waals surface area contributed by atoms with E-state index in [-0.39, 0.29) is 18.1 Å². The van der Waals surface area contributed by atoms with Crippen molar-refractivity contribution in [2.45, 2.75) is 32.1 Å². The second-order valence-corrected chi connectivity index (χ2v) is 6.84. The zero-order valence-electron chi connectivity index (χ0n) is 14.3. The van der Waals surface area contributed by atoms with Crippen molar-refractivity contribution < 1.29 is 24.0 Å². The Bertz CT molecular complexity index is 783. The van der Waals surface area contributed by atoms with Crippen LogP contribution >= 0.6 is 11.3 Å². The Hall–Kier alpha value is -2.39. The highest BCUT2D eigenvalue weighted by Gasteiger charge is 2.37. The number of carbonyl (C=O) groups is 2. The van der Waals surface area contributed by atoms with E-state index in [0.717, 1.165) is 10.4 Å². The van der Waals surface area contributed by atoms with E-state index in [2.05, 4.69) is 10.3 Å². The molecule has 0 aliphatic carbocycles. The number of amides is 1. The maximum Gasteiger partial charge on any atom is 0.547 e. The van der Waals surface area contributed by atoms with Crippen LogP contribution < -0.4 is 9.97 Å². The number of nitrogens with one attached hydrogen (secondary N) is 1. The van der Waals surface area contributed by atoms with Crippen LogP contribution in [0.5, 0.6) is 5.75 Å². The molecule has 9 heteroatoms. The lowest BCUT2D eigenvalue weighted by atomic mass is 9.72. The third-order valence-corrected chi connectivity index (χ3v) is 4.88. The molecule has 0 radical (unpaired) electrons. The van der Waals surface area contributed by atoms with Gasteiger partial charge in [0.1, 0.15) is 11.3 Å². The highest BCUT2D eigenvalue weighted by Crippen LogP contribution is 2.30. The van der Waals surface area contributed by atoms with E-state index >= 15 is 0 Å². The minimum Gasteiger partial charge on any atom is -0.534 e. The number of nitrogens with zero attached hydrogens (tertiary/aromatic N) is 1. The first-order valence-electron chi connectivity index (χ1n) is 8.39. The molecule has 1 atom stereocenters. The molecular formula is C17H19BN2O5S. The number of rotatable bonds is 6. The minimum atomic E-state index is -1.23. The Morgan fingerprint density at radius 1 is 1.50 bits per heavy atom. The van der Waals surface area contributed by atoms with E-state index in [4.69, 9.17) is 9.39 Å². The maximum absolute atomic E-state index is 12.2. The van der Waals surface area contributed by atoms with Crippen molar-refractivity contribution in [3.8, 4) is 5.75 Å². The van der Waals surface area contributed by atoms with Crippen LogP contribution in [0.2, 0.25) is 0 Å². The normalized spacial score (nSPS) is 15.8. The van der Waals surface area contributed by atoms with E-state index in [1.807, 2.05) is 0 Å². The molecule has 0 fully saturated rings. The van der Waals surface area contributed by atoms with Crippen LogP contribution in [-0.4, -0.2) is 41.6 Å². The summed E-state index contributed by atoms with van der Waals surface area (Å²) >= 11 is 1.50. The molecule has 1 aromatic heterocycles. The lowest BCUT2D eigenvalue weighted by Crippen LogP contribution is -2.53. The molecule has 2 aromatic rings. The fourth-order valence-corrected chi connectivity index (χ4v) is 3.40. The van der Waals surface area contributed by atoms with Gasteiger partial charge in [0.2, 0.25) is 5.91 Å². The van der Waals surface area contributed by atoms with Crippen LogP contribution in [0.15, 0.2) is 29.9 Å². The van der Waals surface area contributed by atoms with Gasteiger partial charge in [-0.05, 0) is 31.4 Å². The third-order valence-electron chi connectivity index (χ3n) is 4.04. The van der Waals surface area contributed by atoms with E-state index in [1.54, 1.807) is 36.8 Å². The predicted octanol–water partition coefficient (Wildman–Crippen LogP) is 1.39. The molecule has 0 saturated heterocycles. The first-order chi connectivity index (χ1) is 12.6. The molecule has 1 amide bonds. The van der Waals surface area contributed by atoms with E-state index in [1.165, 1.54) is 11.3 Å². The average molecular weight is 374 g/mol. The first-order valence-corrected chi connectivity index (χ1v) is 9.27. The molecule has 0 saturated carbocycles. The fraction of sp³-hybridized carbons (Fsp3) is 0.353. The van der Waals surface area contributed by atoms with Gasteiger partial charge in [-0.25, -0.2) is 4.79 Å². The number of carbonyl (C=O) groups excluding carboxylic acids is 2. The lowest BCUT2D eigenvalue weighted by molar-refractivity contribution is -0.121. The number of hydrogen-bond donors (Lipinski definition) is 2. The maximum atomic E-state index is 12.2. The highest BCUT2D eigenvalue weighted by molar-refractivity contribution is 7.09. The Morgan fingerprint density at radius 3 is 3.08 bits per heavy atom. The number of fused-ring (bicyclic) bond motifs is 1. The van der Waals surface area contributed by atoms with Crippen molar-refractivity contribution in [1.29, 1.82) is 0 Å². The second-order valence-electron chi connectivity index (χ2n) is 5.87. The van der Waals surface area contributed by atoms with Crippen LogP contribution in [0.3, 0.4) is 0 Å². The van der Waals surface area contributed by atoms with Crippen LogP contribution in [-0.2, 0) is 22.4 Å². The summed E-state index contributed by atoms with van der Waals surface area (Å²) in [6.45, 7) is 1.98. The molecule has 2 heterocycles. The molecule has 0 bridgehead atoms. The number of aromatic nitrogens is 1. The van der Waals surface area contributed by atoms with Gasteiger partial charge < -0.3 is 19.7 Å². The first kappa shape index (κ1) is 18.4. The Labute approximate surface area is 155 Å². The molecule has 136 valence electrons. The summed E-state index contributed by atoms with van der Waals surface area (Å²) in [7, 11) is -1.23. The van der Waals surface area contributed by atoms with E-state index < -0.39 is 19.0 Å². The van der Waals surface area contributed by atoms with Gasteiger partial charge >= 0.3 is 13.1 Å². The summed E-state index contributed by atoms with van der Waals surface area (Å²) in [6.07, 6.45) is 3.02. The third kappa shape index (κ3) is 4.23. The van der Waals surface area contributed by atoms with Crippen LogP contribution in [0, 0.1) is 0 Å². The Balaban J connectivity index is 1.65. The van der Waals surface area contributed by atoms with Crippen molar-refractivity contribution in [2.75, 3.05) is 6.61 Å². The van der Waals surface area contributed by atoms with E-state index in [0.29, 0.717) is 25.0 Å². The number of esters is 1. The van der Waals surface area contributed by atoms with Crippen molar-refractivity contribution in [2.24, 2.45) is 0 Å². The molecule has 2 N–H and O–H groups in total. The standard InChI is InChI=1S/C17H19BN2O5S/c1-2-24-17(22)13-5-3-4-11-8-14(18(23)25-16(11)13)20-15(21)7-6-12-9-19-10-26-12/h3-5,9-10,14,23H,2,6-8H2,1H3,(H,20,21)/t14-/m0/s1. The van der Waals surface area contributed by atoms with Crippen LogP contribution in [0.1, 0.15) is 34.1 Å². The number of benzene rings is 1. The number of para-hydroxylation sites is 1. The summed E-state index contributed by atoms with van der Waals surface area (Å²) in [6, 6.07) is 5.13. The molecular weight excluding hydrogens is 355 g/mol. The van der Waals surface area contributed by atoms with Crippen LogP contribution in [0.25, 0.3) is 0 Å². The number of hydrogen-bond acceptors (Lipinski definition) is 7.